The van der Waals surface area contributed by atoms with Crippen molar-refractivity contribution in [2.75, 3.05) is 18.0 Å². The molecule has 2 heterocycles. The van der Waals surface area contributed by atoms with Gasteiger partial charge in [0.25, 0.3) is 5.56 Å². The van der Waals surface area contributed by atoms with Gasteiger partial charge in [-0.2, -0.15) is 5.26 Å². The molecule has 0 bridgehead atoms. The van der Waals surface area contributed by atoms with Gasteiger partial charge in [0.05, 0.1) is 18.2 Å². The molecule has 0 spiro atoms. The highest BCUT2D eigenvalue weighted by atomic mass is 16.1. The average Bonchev–Trinajstić information content (AvgIpc) is 3.09. The Bertz CT molecular complexity index is 826. The number of anilines is 1. The lowest BCUT2D eigenvalue weighted by Crippen LogP contribution is -2.33. The van der Waals surface area contributed by atoms with E-state index in [1.54, 1.807) is 10.6 Å². The number of nitriles is 1. The van der Waals surface area contributed by atoms with E-state index in [2.05, 4.69) is 16.0 Å². The molecule has 1 aromatic heterocycles. The lowest BCUT2D eigenvalue weighted by atomic mass is 10.1. The molecule has 0 amide bonds. The largest absolute Gasteiger partial charge is 0.342 e. The van der Waals surface area contributed by atoms with Crippen molar-refractivity contribution in [1.82, 2.24) is 9.55 Å². The standard InChI is InChI=1S/C18H20N4O/c1-13-14(2)20-18(21-8-3-4-9-21)22(17(13)23)12-16-7-5-6-15(10-16)11-19/h5-7,10H,3-4,8-9,12H2,1-2H3. The lowest BCUT2D eigenvalue weighted by molar-refractivity contribution is 0.693. The number of hydrogen-bond acceptors (Lipinski definition) is 4. The van der Waals surface area contributed by atoms with Crippen molar-refractivity contribution in [2.45, 2.75) is 33.2 Å². The molecule has 1 saturated heterocycles. The second-order valence-corrected chi connectivity index (χ2v) is 6.02. The van der Waals surface area contributed by atoms with Crippen LogP contribution in [-0.4, -0.2) is 22.6 Å². The topological polar surface area (TPSA) is 61.9 Å². The molecule has 23 heavy (non-hydrogen) atoms. The summed E-state index contributed by atoms with van der Waals surface area (Å²) in [7, 11) is 0. The fourth-order valence-electron chi connectivity index (χ4n) is 2.97. The van der Waals surface area contributed by atoms with Crippen molar-refractivity contribution in [3.05, 3.63) is 57.0 Å². The summed E-state index contributed by atoms with van der Waals surface area (Å²) in [6.07, 6.45) is 2.26. The van der Waals surface area contributed by atoms with E-state index >= 15 is 0 Å². The van der Waals surface area contributed by atoms with Crippen LogP contribution >= 0.6 is 0 Å². The Kier molecular flexibility index (Phi) is 4.16. The maximum Gasteiger partial charge on any atom is 0.258 e. The van der Waals surface area contributed by atoms with Gasteiger partial charge in [-0.05, 0) is 44.4 Å². The zero-order valence-corrected chi connectivity index (χ0v) is 13.5. The highest BCUT2D eigenvalue weighted by Gasteiger charge is 2.20. The number of hydrogen-bond donors (Lipinski definition) is 0. The van der Waals surface area contributed by atoms with Crippen LogP contribution < -0.4 is 10.5 Å². The number of benzene rings is 1. The average molecular weight is 308 g/mol. The van der Waals surface area contributed by atoms with Gasteiger partial charge in [-0.15, -0.1) is 0 Å². The molecule has 5 heteroatoms. The van der Waals surface area contributed by atoms with Crippen LogP contribution in [0.15, 0.2) is 29.1 Å². The van der Waals surface area contributed by atoms with Gasteiger partial charge < -0.3 is 4.90 Å². The molecule has 118 valence electrons. The first-order chi connectivity index (χ1) is 11.1. The monoisotopic (exact) mass is 308 g/mol. The van der Waals surface area contributed by atoms with E-state index in [1.165, 1.54) is 0 Å². The van der Waals surface area contributed by atoms with E-state index in [0.717, 1.165) is 43.1 Å². The Morgan fingerprint density at radius 2 is 2.00 bits per heavy atom. The van der Waals surface area contributed by atoms with Crippen molar-refractivity contribution in [3.8, 4) is 6.07 Å². The summed E-state index contributed by atoms with van der Waals surface area (Å²) in [5.41, 5.74) is 3.02. The molecule has 1 aromatic carbocycles. The third kappa shape index (κ3) is 2.98. The molecule has 3 rings (SSSR count). The SMILES string of the molecule is Cc1nc(N2CCCC2)n(Cc2cccc(C#N)c2)c(=O)c1C. The maximum atomic E-state index is 12.8. The summed E-state index contributed by atoms with van der Waals surface area (Å²) >= 11 is 0. The van der Waals surface area contributed by atoms with Crippen LogP contribution in [0.4, 0.5) is 5.95 Å². The first kappa shape index (κ1) is 15.3. The third-order valence-electron chi connectivity index (χ3n) is 4.40. The van der Waals surface area contributed by atoms with Crippen molar-refractivity contribution in [1.29, 1.82) is 5.26 Å². The number of aromatic nitrogens is 2. The Morgan fingerprint density at radius 3 is 2.70 bits per heavy atom. The van der Waals surface area contributed by atoms with Crippen molar-refractivity contribution >= 4 is 5.95 Å². The van der Waals surface area contributed by atoms with Gasteiger partial charge in [-0.3, -0.25) is 9.36 Å². The summed E-state index contributed by atoms with van der Waals surface area (Å²) in [6, 6.07) is 9.53. The third-order valence-corrected chi connectivity index (χ3v) is 4.40. The molecule has 5 nitrogen and oxygen atoms in total. The van der Waals surface area contributed by atoms with Gasteiger partial charge in [0.15, 0.2) is 0 Å². The summed E-state index contributed by atoms with van der Waals surface area (Å²) in [4.78, 5) is 19.6. The maximum absolute atomic E-state index is 12.8. The van der Waals surface area contributed by atoms with E-state index in [4.69, 9.17) is 5.26 Å². The van der Waals surface area contributed by atoms with Gasteiger partial charge in [0, 0.05) is 24.3 Å². The second-order valence-electron chi connectivity index (χ2n) is 6.02. The van der Waals surface area contributed by atoms with Gasteiger partial charge in [-0.1, -0.05) is 12.1 Å². The van der Waals surface area contributed by atoms with E-state index in [-0.39, 0.29) is 5.56 Å². The molecule has 0 radical (unpaired) electrons. The van der Waals surface area contributed by atoms with Crippen LogP contribution in [0, 0.1) is 25.2 Å². The zero-order valence-electron chi connectivity index (χ0n) is 13.5. The Morgan fingerprint density at radius 1 is 1.26 bits per heavy atom. The van der Waals surface area contributed by atoms with Gasteiger partial charge in [0.1, 0.15) is 0 Å². The molecule has 0 atom stereocenters. The zero-order chi connectivity index (χ0) is 16.4. The van der Waals surface area contributed by atoms with Crippen LogP contribution in [-0.2, 0) is 6.54 Å². The summed E-state index contributed by atoms with van der Waals surface area (Å²) in [6.45, 7) is 6.02. The van der Waals surface area contributed by atoms with E-state index < -0.39 is 0 Å². The molecule has 0 unspecified atom stereocenters. The van der Waals surface area contributed by atoms with Crippen molar-refractivity contribution < 1.29 is 0 Å². The van der Waals surface area contributed by atoms with Gasteiger partial charge in [-0.25, -0.2) is 4.98 Å². The molecule has 0 N–H and O–H groups in total. The fourth-order valence-corrected chi connectivity index (χ4v) is 2.97. The van der Waals surface area contributed by atoms with Crippen LogP contribution in [0.3, 0.4) is 0 Å². The summed E-state index contributed by atoms with van der Waals surface area (Å²) < 4.78 is 1.74. The first-order valence-electron chi connectivity index (χ1n) is 7.92. The highest BCUT2D eigenvalue weighted by Crippen LogP contribution is 2.19. The number of rotatable bonds is 3. The Hall–Kier alpha value is -2.61. The molecule has 0 aliphatic carbocycles. The summed E-state index contributed by atoms with van der Waals surface area (Å²) in [5, 5.41) is 9.05. The molecule has 2 aromatic rings. The minimum Gasteiger partial charge on any atom is -0.342 e. The van der Waals surface area contributed by atoms with Gasteiger partial charge >= 0.3 is 0 Å². The van der Waals surface area contributed by atoms with Crippen LogP contribution in [0.5, 0.6) is 0 Å². The summed E-state index contributed by atoms with van der Waals surface area (Å²) in [5.74, 6) is 0.748. The number of nitrogens with zero attached hydrogens (tertiary/aromatic N) is 4. The minimum absolute atomic E-state index is 0.00163. The predicted octanol–water partition coefficient (Wildman–Crippen LogP) is 2.38. The van der Waals surface area contributed by atoms with Crippen LogP contribution in [0.2, 0.25) is 0 Å². The van der Waals surface area contributed by atoms with E-state index in [9.17, 15) is 4.79 Å². The molecule has 1 fully saturated rings. The van der Waals surface area contributed by atoms with Crippen LogP contribution in [0.25, 0.3) is 0 Å². The quantitative estimate of drug-likeness (QED) is 0.873. The smallest absolute Gasteiger partial charge is 0.258 e. The van der Waals surface area contributed by atoms with Crippen molar-refractivity contribution in [2.24, 2.45) is 0 Å². The molecule has 0 saturated carbocycles. The van der Waals surface area contributed by atoms with Crippen LogP contribution in [0.1, 0.15) is 35.2 Å². The Balaban J connectivity index is 2.07. The van der Waals surface area contributed by atoms with Gasteiger partial charge in [0.2, 0.25) is 5.95 Å². The van der Waals surface area contributed by atoms with Crippen molar-refractivity contribution in [3.63, 3.8) is 0 Å². The van der Waals surface area contributed by atoms with E-state index in [0.29, 0.717) is 17.7 Å². The molecule has 1 aliphatic rings. The Labute approximate surface area is 135 Å². The molecular formula is C18H20N4O. The highest BCUT2D eigenvalue weighted by molar-refractivity contribution is 5.38. The minimum atomic E-state index is 0.00163. The first-order valence-corrected chi connectivity index (χ1v) is 7.92. The molecule has 1 aliphatic heterocycles. The normalized spacial score (nSPS) is 14.0. The molecular weight excluding hydrogens is 288 g/mol. The second kappa shape index (κ2) is 6.25. The lowest BCUT2D eigenvalue weighted by Gasteiger charge is -2.22. The fraction of sp³-hybridized carbons (Fsp3) is 0.389. The predicted molar refractivity (Wildman–Crippen MR) is 89.7 cm³/mol. The number of aryl methyl sites for hydroxylation is 1. The van der Waals surface area contributed by atoms with E-state index in [1.807, 2.05) is 32.0 Å².